The predicted octanol–water partition coefficient (Wildman–Crippen LogP) is 3.72. The Morgan fingerprint density at radius 1 is 1.21 bits per heavy atom. The van der Waals surface area contributed by atoms with Crippen molar-refractivity contribution in [1.82, 2.24) is 5.32 Å². The lowest BCUT2D eigenvalue weighted by Crippen LogP contribution is -2.37. The second kappa shape index (κ2) is 5.41. The van der Waals surface area contributed by atoms with E-state index in [1.807, 2.05) is 0 Å². The third-order valence-corrected chi connectivity index (χ3v) is 4.31. The molecule has 2 rings (SSSR count). The summed E-state index contributed by atoms with van der Waals surface area (Å²) in [5, 5.41) is 22.8. The van der Waals surface area contributed by atoms with Gasteiger partial charge in [-0.3, -0.25) is 0 Å². The van der Waals surface area contributed by atoms with Crippen LogP contribution in [0.3, 0.4) is 0 Å². The van der Waals surface area contributed by atoms with E-state index < -0.39 is 0 Å². The molecule has 1 unspecified atom stereocenters. The molecule has 1 atom stereocenters. The molecule has 1 aliphatic carbocycles. The van der Waals surface area contributed by atoms with Crippen LogP contribution in [0.4, 0.5) is 0 Å². The third-order valence-electron chi connectivity index (χ3n) is 4.31. The van der Waals surface area contributed by atoms with Crippen molar-refractivity contribution in [2.24, 2.45) is 5.41 Å². The summed E-state index contributed by atoms with van der Waals surface area (Å²) in [7, 11) is 0. The average Bonchev–Trinajstić information content (AvgIpc) is 2.31. The first kappa shape index (κ1) is 14.2. The smallest absolute Gasteiger partial charge is 0.124 e. The minimum absolute atomic E-state index is 0.104. The molecule has 3 heteroatoms. The van der Waals surface area contributed by atoms with E-state index in [1.165, 1.54) is 31.7 Å². The largest absolute Gasteiger partial charge is 0.508 e. The summed E-state index contributed by atoms with van der Waals surface area (Å²) in [4.78, 5) is 0. The van der Waals surface area contributed by atoms with E-state index in [0.717, 1.165) is 5.56 Å². The van der Waals surface area contributed by atoms with Crippen LogP contribution < -0.4 is 5.32 Å². The first-order chi connectivity index (χ1) is 8.87. The van der Waals surface area contributed by atoms with Crippen molar-refractivity contribution in [3.8, 4) is 11.5 Å². The number of benzene rings is 1. The lowest BCUT2D eigenvalue weighted by molar-refractivity contribution is 0.199. The van der Waals surface area contributed by atoms with Crippen LogP contribution >= 0.6 is 0 Å². The summed E-state index contributed by atoms with van der Waals surface area (Å²) in [6.07, 6.45) is 4.88. The number of phenols is 2. The van der Waals surface area contributed by atoms with Gasteiger partial charge in [-0.1, -0.05) is 19.9 Å². The summed E-state index contributed by atoms with van der Waals surface area (Å²) >= 11 is 0. The van der Waals surface area contributed by atoms with E-state index >= 15 is 0 Å². The Morgan fingerprint density at radius 3 is 2.42 bits per heavy atom. The highest BCUT2D eigenvalue weighted by Gasteiger charge is 2.27. The topological polar surface area (TPSA) is 52.5 Å². The molecule has 0 amide bonds. The number of hydrogen-bond acceptors (Lipinski definition) is 3. The van der Waals surface area contributed by atoms with Gasteiger partial charge in [0.15, 0.2) is 0 Å². The molecule has 0 bridgehead atoms. The van der Waals surface area contributed by atoms with Gasteiger partial charge in [-0.25, -0.2) is 0 Å². The molecule has 1 aromatic rings. The molecule has 106 valence electrons. The van der Waals surface area contributed by atoms with Crippen molar-refractivity contribution in [2.45, 2.75) is 58.5 Å². The Balaban J connectivity index is 1.96. The van der Waals surface area contributed by atoms with Gasteiger partial charge in [0.1, 0.15) is 11.5 Å². The van der Waals surface area contributed by atoms with Crippen LogP contribution in [0.2, 0.25) is 0 Å². The summed E-state index contributed by atoms with van der Waals surface area (Å²) in [6.45, 7) is 6.72. The molecule has 0 aliphatic heterocycles. The Hall–Kier alpha value is -1.22. The first-order valence-electron chi connectivity index (χ1n) is 7.15. The van der Waals surface area contributed by atoms with Crippen molar-refractivity contribution < 1.29 is 10.2 Å². The molecule has 1 saturated carbocycles. The van der Waals surface area contributed by atoms with Gasteiger partial charge >= 0.3 is 0 Å². The quantitative estimate of drug-likeness (QED) is 0.779. The van der Waals surface area contributed by atoms with E-state index in [9.17, 15) is 10.2 Å². The molecule has 0 aromatic heterocycles. The second-order valence-electron chi connectivity index (χ2n) is 6.57. The number of phenolic OH excluding ortho intramolecular Hbond substituents is 2. The summed E-state index contributed by atoms with van der Waals surface area (Å²) in [5.74, 6) is 0.268. The molecule has 1 fully saturated rings. The molecule has 0 saturated heterocycles. The van der Waals surface area contributed by atoms with Gasteiger partial charge in [0.05, 0.1) is 0 Å². The van der Waals surface area contributed by atoms with Crippen LogP contribution in [0.5, 0.6) is 11.5 Å². The van der Waals surface area contributed by atoms with Crippen molar-refractivity contribution in [1.29, 1.82) is 0 Å². The number of aromatic hydroxyl groups is 2. The fourth-order valence-corrected chi connectivity index (χ4v) is 2.91. The molecular formula is C16H25NO2. The van der Waals surface area contributed by atoms with Crippen LogP contribution in [0.1, 0.15) is 58.1 Å². The summed E-state index contributed by atoms with van der Waals surface area (Å²) in [6, 6.07) is 5.44. The average molecular weight is 263 g/mol. The van der Waals surface area contributed by atoms with Crippen molar-refractivity contribution in [3.63, 3.8) is 0 Å². The highest BCUT2D eigenvalue weighted by molar-refractivity contribution is 5.40. The second-order valence-corrected chi connectivity index (χ2v) is 6.57. The zero-order valence-corrected chi connectivity index (χ0v) is 12.1. The number of rotatable bonds is 3. The molecular weight excluding hydrogens is 238 g/mol. The van der Waals surface area contributed by atoms with Crippen LogP contribution in [0, 0.1) is 5.41 Å². The summed E-state index contributed by atoms with van der Waals surface area (Å²) in [5.41, 5.74) is 1.32. The maximum Gasteiger partial charge on any atom is 0.124 e. The lowest BCUT2D eigenvalue weighted by atomic mass is 9.75. The van der Waals surface area contributed by atoms with E-state index in [0.29, 0.717) is 11.5 Å². The molecule has 19 heavy (non-hydrogen) atoms. The maximum atomic E-state index is 9.87. The molecule has 3 N–H and O–H groups in total. The third kappa shape index (κ3) is 3.63. The Morgan fingerprint density at radius 2 is 1.84 bits per heavy atom. The van der Waals surface area contributed by atoms with Gasteiger partial charge in [0.2, 0.25) is 0 Å². The monoisotopic (exact) mass is 263 g/mol. The molecule has 0 heterocycles. The SMILES string of the molecule is CC(NC1CCC(C)(C)CC1)c1ccc(O)cc1O. The molecule has 1 aliphatic rings. The lowest BCUT2D eigenvalue weighted by Gasteiger charge is -2.36. The minimum Gasteiger partial charge on any atom is -0.508 e. The predicted molar refractivity (Wildman–Crippen MR) is 77.4 cm³/mol. The van der Waals surface area contributed by atoms with E-state index in [1.54, 1.807) is 12.1 Å². The van der Waals surface area contributed by atoms with Gasteiger partial charge in [0.25, 0.3) is 0 Å². The Kier molecular flexibility index (Phi) is 4.04. The van der Waals surface area contributed by atoms with Crippen LogP contribution in [-0.4, -0.2) is 16.3 Å². The fraction of sp³-hybridized carbons (Fsp3) is 0.625. The van der Waals surface area contributed by atoms with E-state index in [-0.39, 0.29) is 17.5 Å². The zero-order chi connectivity index (χ0) is 14.0. The molecule has 0 spiro atoms. The Bertz CT molecular complexity index is 432. The standard InChI is InChI=1S/C16H25NO2/c1-11(14-5-4-13(18)10-15(14)19)17-12-6-8-16(2,3)9-7-12/h4-5,10-12,17-19H,6-9H2,1-3H3. The molecule has 3 nitrogen and oxygen atoms in total. The van der Waals surface area contributed by atoms with Crippen molar-refractivity contribution in [2.75, 3.05) is 0 Å². The normalized spacial score (nSPS) is 21.2. The zero-order valence-electron chi connectivity index (χ0n) is 12.1. The van der Waals surface area contributed by atoms with Crippen LogP contribution in [-0.2, 0) is 0 Å². The number of nitrogens with one attached hydrogen (secondary N) is 1. The van der Waals surface area contributed by atoms with Gasteiger partial charge in [0, 0.05) is 23.7 Å². The van der Waals surface area contributed by atoms with Gasteiger partial charge in [-0.05, 0) is 44.1 Å². The van der Waals surface area contributed by atoms with Gasteiger partial charge < -0.3 is 15.5 Å². The van der Waals surface area contributed by atoms with E-state index in [2.05, 4.69) is 26.1 Å². The summed E-state index contributed by atoms with van der Waals surface area (Å²) < 4.78 is 0. The highest BCUT2D eigenvalue weighted by Crippen LogP contribution is 2.36. The highest BCUT2D eigenvalue weighted by atomic mass is 16.3. The van der Waals surface area contributed by atoms with Crippen molar-refractivity contribution in [3.05, 3.63) is 23.8 Å². The van der Waals surface area contributed by atoms with E-state index in [4.69, 9.17) is 0 Å². The number of hydrogen-bond donors (Lipinski definition) is 3. The van der Waals surface area contributed by atoms with Gasteiger partial charge in [-0.15, -0.1) is 0 Å². The maximum absolute atomic E-state index is 9.87. The Labute approximate surface area is 115 Å². The first-order valence-corrected chi connectivity index (χ1v) is 7.15. The van der Waals surface area contributed by atoms with Gasteiger partial charge in [-0.2, -0.15) is 0 Å². The van der Waals surface area contributed by atoms with Crippen molar-refractivity contribution >= 4 is 0 Å². The van der Waals surface area contributed by atoms with Crippen LogP contribution in [0.25, 0.3) is 0 Å². The molecule has 1 aromatic carbocycles. The minimum atomic E-state index is 0.104. The molecule has 0 radical (unpaired) electrons. The fourth-order valence-electron chi connectivity index (χ4n) is 2.91. The van der Waals surface area contributed by atoms with Crippen LogP contribution in [0.15, 0.2) is 18.2 Å².